The van der Waals surface area contributed by atoms with Gasteiger partial charge in [0.2, 0.25) is 5.55 Å². The average Bonchev–Trinajstić information content (AvgIpc) is 3.11. The Morgan fingerprint density at radius 1 is 1.17 bits per heavy atom. The van der Waals surface area contributed by atoms with E-state index in [1.165, 1.54) is 0 Å². The van der Waals surface area contributed by atoms with Crippen LogP contribution in [-0.2, 0) is 0 Å². The number of rotatable bonds is 3. The highest BCUT2D eigenvalue weighted by Crippen LogP contribution is 2.31. The Bertz CT molecular complexity index is 964. The van der Waals surface area contributed by atoms with Crippen LogP contribution in [-0.4, -0.2) is 12.1 Å². The summed E-state index contributed by atoms with van der Waals surface area (Å²) >= 11 is 0. The zero-order valence-electron chi connectivity index (χ0n) is 13.1. The number of methoxy groups -OCH3 is 1. The van der Waals surface area contributed by atoms with Crippen molar-refractivity contribution in [3.05, 3.63) is 77.5 Å². The van der Waals surface area contributed by atoms with Gasteiger partial charge in [-0.2, -0.15) is 0 Å². The topological polar surface area (TPSA) is 76.9 Å². The molecule has 3 aromatic rings. The molecule has 1 aliphatic heterocycles. The van der Waals surface area contributed by atoms with Gasteiger partial charge in [-0.3, -0.25) is 9.88 Å². The third-order valence-electron chi connectivity index (χ3n) is 4.00. The minimum absolute atomic E-state index is 0.334. The SMILES string of the molecule is COc1ccc(C2N=c3occc3=C(N)N2c2cccnc2)cc1. The molecular formula is C18H16N4O2. The van der Waals surface area contributed by atoms with Crippen molar-refractivity contribution in [2.45, 2.75) is 6.17 Å². The highest BCUT2D eigenvalue weighted by Gasteiger charge is 2.27. The minimum Gasteiger partial charge on any atom is -0.497 e. The summed E-state index contributed by atoms with van der Waals surface area (Å²) in [7, 11) is 1.64. The molecule has 0 aliphatic carbocycles. The van der Waals surface area contributed by atoms with Crippen LogP contribution in [0.3, 0.4) is 0 Å². The zero-order chi connectivity index (χ0) is 16.5. The Morgan fingerprint density at radius 2 is 2.00 bits per heavy atom. The predicted octanol–water partition coefficient (Wildman–Crippen LogP) is 1.55. The molecule has 0 saturated heterocycles. The number of fused-ring (bicyclic) bond motifs is 1. The molecule has 2 aromatic heterocycles. The first-order chi connectivity index (χ1) is 11.8. The molecule has 0 amide bonds. The lowest BCUT2D eigenvalue weighted by Gasteiger charge is -2.32. The normalized spacial score (nSPS) is 16.5. The Morgan fingerprint density at radius 3 is 2.71 bits per heavy atom. The summed E-state index contributed by atoms with van der Waals surface area (Å²) in [6, 6.07) is 13.4. The Kier molecular flexibility index (Phi) is 3.42. The van der Waals surface area contributed by atoms with Gasteiger partial charge in [-0.1, -0.05) is 12.1 Å². The first-order valence-corrected chi connectivity index (χ1v) is 7.52. The van der Waals surface area contributed by atoms with Crippen molar-refractivity contribution in [1.82, 2.24) is 4.98 Å². The van der Waals surface area contributed by atoms with E-state index in [0.717, 1.165) is 22.2 Å². The van der Waals surface area contributed by atoms with E-state index < -0.39 is 0 Å². The third-order valence-corrected chi connectivity index (χ3v) is 4.00. The van der Waals surface area contributed by atoms with Gasteiger partial charge < -0.3 is 14.9 Å². The second-order valence-electron chi connectivity index (χ2n) is 5.38. The van der Waals surface area contributed by atoms with Crippen LogP contribution in [0.25, 0.3) is 5.82 Å². The van der Waals surface area contributed by atoms with Crippen LogP contribution >= 0.6 is 0 Å². The first-order valence-electron chi connectivity index (χ1n) is 7.52. The fourth-order valence-electron chi connectivity index (χ4n) is 2.80. The lowest BCUT2D eigenvalue weighted by Crippen LogP contribution is -2.43. The molecule has 6 nitrogen and oxygen atoms in total. The maximum Gasteiger partial charge on any atom is 0.227 e. The molecule has 0 radical (unpaired) electrons. The molecule has 1 aromatic carbocycles. The number of aromatic nitrogens is 1. The van der Waals surface area contributed by atoms with Gasteiger partial charge in [0.25, 0.3) is 0 Å². The van der Waals surface area contributed by atoms with Crippen molar-refractivity contribution < 1.29 is 9.15 Å². The molecule has 1 atom stereocenters. The summed E-state index contributed by atoms with van der Waals surface area (Å²) in [6.07, 6.45) is 4.76. The third kappa shape index (κ3) is 2.28. The summed E-state index contributed by atoms with van der Waals surface area (Å²) < 4.78 is 10.7. The molecule has 0 fully saturated rings. The highest BCUT2D eigenvalue weighted by molar-refractivity contribution is 5.67. The summed E-state index contributed by atoms with van der Waals surface area (Å²) in [5.74, 6) is 1.38. The molecule has 0 saturated carbocycles. The molecule has 2 N–H and O–H groups in total. The molecule has 0 spiro atoms. The van der Waals surface area contributed by atoms with Gasteiger partial charge >= 0.3 is 0 Å². The fourth-order valence-corrected chi connectivity index (χ4v) is 2.80. The lowest BCUT2D eigenvalue weighted by atomic mass is 10.1. The van der Waals surface area contributed by atoms with E-state index in [4.69, 9.17) is 19.9 Å². The quantitative estimate of drug-likeness (QED) is 0.792. The molecule has 120 valence electrons. The predicted molar refractivity (Wildman–Crippen MR) is 89.5 cm³/mol. The molecule has 3 heterocycles. The Labute approximate surface area is 138 Å². The standard InChI is InChI=1S/C18H16N4O2/c1-23-14-6-4-12(5-7-14)17-21-18-15(8-10-24-18)16(19)22(17)13-3-2-9-20-11-13/h2-11,17H,19H2,1H3. The van der Waals surface area contributed by atoms with E-state index in [-0.39, 0.29) is 6.17 Å². The second-order valence-corrected chi connectivity index (χ2v) is 5.38. The van der Waals surface area contributed by atoms with Crippen LogP contribution in [0.2, 0.25) is 0 Å². The van der Waals surface area contributed by atoms with Crippen molar-refractivity contribution in [2.75, 3.05) is 12.0 Å². The molecular weight excluding hydrogens is 304 g/mol. The molecule has 0 bridgehead atoms. The monoisotopic (exact) mass is 320 g/mol. The van der Waals surface area contributed by atoms with Gasteiger partial charge in [0.05, 0.1) is 30.5 Å². The Hall–Kier alpha value is -3.28. The number of hydrogen-bond donors (Lipinski definition) is 1. The average molecular weight is 320 g/mol. The van der Waals surface area contributed by atoms with Crippen molar-refractivity contribution in [2.24, 2.45) is 10.7 Å². The maximum atomic E-state index is 6.42. The van der Waals surface area contributed by atoms with E-state index in [2.05, 4.69) is 4.98 Å². The molecule has 1 aliphatic rings. The largest absolute Gasteiger partial charge is 0.497 e. The smallest absolute Gasteiger partial charge is 0.227 e. The van der Waals surface area contributed by atoms with E-state index in [0.29, 0.717) is 11.4 Å². The minimum atomic E-state index is -0.334. The first kappa shape index (κ1) is 14.3. The molecule has 4 rings (SSSR count). The van der Waals surface area contributed by atoms with Crippen LogP contribution in [0.4, 0.5) is 5.69 Å². The number of hydrogen-bond acceptors (Lipinski definition) is 6. The van der Waals surface area contributed by atoms with Crippen LogP contribution in [0.5, 0.6) is 5.75 Å². The van der Waals surface area contributed by atoms with E-state index in [9.17, 15) is 0 Å². The number of nitrogens with zero attached hydrogens (tertiary/aromatic N) is 3. The highest BCUT2D eigenvalue weighted by atomic mass is 16.5. The molecule has 24 heavy (non-hydrogen) atoms. The maximum absolute atomic E-state index is 6.42. The number of nitrogens with two attached hydrogens (primary N) is 1. The van der Waals surface area contributed by atoms with Crippen LogP contribution in [0.1, 0.15) is 11.7 Å². The summed E-state index contributed by atoms with van der Waals surface area (Å²) in [5, 5.41) is 0.781. The molecule has 6 heteroatoms. The van der Waals surface area contributed by atoms with Crippen LogP contribution in [0, 0.1) is 0 Å². The van der Waals surface area contributed by atoms with Crippen molar-refractivity contribution in [3.8, 4) is 5.75 Å². The number of anilines is 1. The number of benzene rings is 1. The van der Waals surface area contributed by atoms with Crippen molar-refractivity contribution >= 4 is 11.5 Å². The number of furan rings is 1. The molecule has 1 unspecified atom stereocenters. The zero-order valence-corrected chi connectivity index (χ0v) is 13.1. The van der Waals surface area contributed by atoms with Crippen LogP contribution < -0.4 is 26.1 Å². The van der Waals surface area contributed by atoms with Gasteiger partial charge in [0.1, 0.15) is 11.6 Å². The Balaban J connectivity index is 1.89. The van der Waals surface area contributed by atoms with Gasteiger partial charge in [-0.25, -0.2) is 4.99 Å². The fraction of sp³-hybridized carbons (Fsp3) is 0.111. The van der Waals surface area contributed by atoms with Crippen LogP contribution in [0.15, 0.2) is 70.5 Å². The van der Waals surface area contributed by atoms with Crippen molar-refractivity contribution in [1.29, 1.82) is 0 Å². The van der Waals surface area contributed by atoms with E-state index >= 15 is 0 Å². The summed E-state index contributed by atoms with van der Waals surface area (Å²) in [6.45, 7) is 0. The van der Waals surface area contributed by atoms with Crippen molar-refractivity contribution in [3.63, 3.8) is 0 Å². The van der Waals surface area contributed by atoms with Gasteiger partial charge in [-0.15, -0.1) is 0 Å². The summed E-state index contributed by atoms with van der Waals surface area (Å²) in [5.41, 5.74) is 8.80. The van der Waals surface area contributed by atoms with E-state index in [1.54, 1.807) is 25.8 Å². The number of pyridine rings is 1. The van der Waals surface area contributed by atoms with E-state index in [1.807, 2.05) is 47.4 Å². The van der Waals surface area contributed by atoms with Gasteiger partial charge in [-0.05, 0) is 35.9 Å². The summed E-state index contributed by atoms with van der Waals surface area (Å²) in [4.78, 5) is 10.9. The lowest BCUT2D eigenvalue weighted by molar-refractivity contribution is 0.414. The van der Waals surface area contributed by atoms with Gasteiger partial charge in [0.15, 0.2) is 6.17 Å². The number of ether oxygens (including phenoxy) is 1. The van der Waals surface area contributed by atoms with Gasteiger partial charge in [0, 0.05) is 6.20 Å². The second kappa shape index (κ2) is 5.73.